The predicted octanol–water partition coefficient (Wildman–Crippen LogP) is 3.21. The molecule has 1 aliphatic rings. The van der Waals surface area contributed by atoms with Crippen molar-refractivity contribution in [1.29, 1.82) is 0 Å². The van der Waals surface area contributed by atoms with Gasteiger partial charge in [0.2, 0.25) is 5.91 Å². The Hall–Kier alpha value is -1.65. The van der Waals surface area contributed by atoms with Crippen molar-refractivity contribution in [2.24, 2.45) is 0 Å². The highest BCUT2D eigenvalue weighted by Gasteiger charge is 2.23. The number of carbonyl (C=O) groups excluding carboxylic acids is 1. The molecule has 1 unspecified atom stereocenters. The number of hydrogen-bond acceptors (Lipinski definition) is 3. The number of rotatable bonds is 4. The van der Waals surface area contributed by atoms with Crippen LogP contribution in [0.25, 0.3) is 10.4 Å². The third-order valence-electron chi connectivity index (χ3n) is 3.38. The molecule has 1 aromatic carbocycles. The molecule has 2 heterocycles. The number of nitrogens with one attached hydrogen (secondary N) is 1. The van der Waals surface area contributed by atoms with Gasteiger partial charge < -0.3 is 10.1 Å². The minimum Gasteiger partial charge on any atom is -0.368 e. The van der Waals surface area contributed by atoms with Crippen molar-refractivity contribution >= 4 is 17.2 Å². The van der Waals surface area contributed by atoms with Gasteiger partial charge in [-0.05, 0) is 30.5 Å². The van der Waals surface area contributed by atoms with E-state index in [-0.39, 0.29) is 12.0 Å². The molecular weight excluding hydrogens is 270 g/mol. The van der Waals surface area contributed by atoms with Crippen molar-refractivity contribution in [3.63, 3.8) is 0 Å². The van der Waals surface area contributed by atoms with Gasteiger partial charge in [0.05, 0.1) is 6.54 Å². The molecule has 3 nitrogen and oxygen atoms in total. The molecule has 0 spiro atoms. The second-order valence-corrected chi connectivity index (χ2v) is 6.02. The number of ether oxygens (including phenoxy) is 1. The molecule has 4 heteroatoms. The Morgan fingerprint density at radius 2 is 2.10 bits per heavy atom. The van der Waals surface area contributed by atoms with E-state index in [1.54, 1.807) is 11.3 Å². The van der Waals surface area contributed by atoms with Crippen LogP contribution in [0.2, 0.25) is 0 Å². The standard InChI is InChI=1S/C16H17NO2S/c18-16(14-7-4-10-19-14)17-11-13-8-9-15(20-13)12-5-2-1-3-6-12/h1-3,5-6,8-9,14H,4,7,10-11H2,(H,17,18). The average Bonchev–Trinajstić information content (AvgIpc) is 3.17. The highest BCUT2D eigenvalue weighted by molar-refractivity contribution is 7.15. The van der Waals surface area contributed by atoms with Crippen LogP contribution in [-0.2, 0) is 16.1 Å². The topological polar surface area (TPSA) is 38.3 Å². The molecular formula is C16H17NO2S. The van der Waals surface area contributed by atoms with E-state index in [4.69, 9.17) is 4.74 Å². The summed E-state index contributed by atoms with van der Waals surface area (Å²) < 4.78 is 5.37. The summed E-state index contributed by atoms with van der Waals surface area (Å²) in [4.78, 5) is 14.3. The zero-order chi connectivity index (χ0) is 13.8. The summed E-state index contributed by atoms with van der Waals surface area (Å²) in [7, 11) is 0. The van der Waals surface area contributed by atoms with Gasteiger partial charge in [0, 0.05) is 16.4 Å². The Morgan fingerprint density at radius 1 is 1.25 bits per heavy atom. The SMILES string of the molecule is O=C(NCc1ccc(-c2ccccc2)s1)C1CCCO1. The summed E-state index contributed by atoms with van der Waals surface area (Å²) in [5.41, 5.74) is 1.22. The van der Waals surface area contributed by atoms with Gasteiger partial charge in [-0.3, -0.25) is 4.79 Å². The van der Waals surface area contributed by atoms with Crippen LogP contribution < -0.4 is 5.32 Å². The van der Waals surface area contributed by atoms with Gasteiger partial charge in [-0.1, -0.05) is 30.3 Å². The molecule has 1 atom stereocenters. The van der Waals surface area contributed by atoms with Gasteiger partial charge in [-0.2, -0.15) is 0 Å². The monoisotopic (exact) mass is 287 g/mol. The molecule has 1 aliphatic heterocycles. The van der Waals surface area contributed by atoms with E-state index < -0.39 is 0 Å². The minimum atomic E-state index is -0.247. The molecule has 104 valence electrons. The lowest BCUT2D eigenvalue weighted by Crippen LogP contribution is -2.33. The van der Waals surface area contributed by atoms with Crippen LogP contribution >= 0.6 is 11.3 Å². The molecule has 1 saturated heterocycles. The molecule has 0 saturated carbocycles. The fourth-order valence-electron chi connectivity index (χ4n) is 2.30. The molecule has 2 aromatic rings. The van der Waals surface area contributed by atoms with Gasteiger partial charge in [0.15, 0.2) is 0 Å². The first-order valence-corrected chi connectivity index (χ1v) is 7.68. The van der Waals surface area contributed by atoms with Gasteiger partial charge in [0.1, 0.15) is 6.10 Å². The van der Waals surface area contributed by atoms with Crippen molar-refractivity contribution < 1.29 is 9.53 Å². The first-order chi connectivity index (χ1) is 9.83. The van der Waals surface area contributed by atoms with Gasteiger partial charge in [-0.25, -0.2) is 0 Å². The van der Waals surface area contributed by atoms with Crippen molar-refractivity contribution in [2.75, 3.05) is 6.61 Å². The van der Waals surface area contributed by atoms with Crippen LogP contribution in [0, 0.1) is 0 Å². The van der Waals surface area contributed by atoms with Crippen LogP contribution in [-0.4, -0.2) is 18.6 Å². The van der Waals surface area contributed by atoms with Crippen LogP contribution in [0.5, 0.6) is 0 Å². The maximum absolute atomic E-state index is 11.9. The van der Waals surface area contributed by atoms with Gasteiger partial charge in [0.25, 0.3) is 0 Å². The number of thiophene rings is 1. The lowest BCUT2D eigenvalue weighted by atomic mass is 10.2. The third-order valence-corrected chi connectivity index (χ3v) is 4.51. The first-order valence-electron chi connectivity index (χ1n) is 6.86. The zero-order valence-electron chi connectivity index (χ0n) is 11.2. The van der Waals surface area contributed by atoms with Crippen LogP contribution in [0.4, 0.5) is 0 Å². The average molecular weight is 287 g/mol. The van der Waals surface area contributed by atoms with Crippen LogP contribution in [0.1, 0.15) is 17.7 Å². The lowest BCUT2D eigenvalue weighted by Gasteiger charge is -2.09. The molecule has 1 fully saturated rings. The van der Waals surface area contributed by atoms with Crippen molar-refractivity contribution in [3.8, 4) is 10.4 Å². The second-order valence-electron chi connectivity index (χ2n) is 4.85. The fourth-order valence-corrected chi connectivity index (χ4v) is 3.26. The molecule has 1 amide bonds. The molecule has 1 N–H and O–H groups in total. The quantitative estimate of drug-likeness (QED) is 0.937. The summed E-state index contributed by atoms with van der Waals surface area (Å²) in [6, 6.07) is 14.5. The largest absolute Gasteiger partial charge is 0.368 e. The second kappa shape index (κ2) is 6.20. The van der Waals surface area contributed by atoms with Gasteiger partial charge in [-0.15, -0.1) is 11.3 Å². The normalized spacial score (nSPS) is 18.1. The summed E-state index contributed by atoms with van der Waals surface area (Å²) in [6.07, 6.45) is 1.57. The predicted molar refractivity (Wildman–Crippen MR) is 80.6 cm³/mol. The van der Waals surface area contributed by atoms with Crippen molar-refractivity contribution in [1.82, 2.24) is 5.32 Å². The third kappa shape index (κ3) is 3.08. The van der Waals surface area contributed by atoms with Crippen molar-refractivity contribution in [2.45, 2.75) is 25.5 Å². The van der Waals surface area contributed by atoms with E-state index in [2.05, 4.69) is 29.6 Å². The van der Waals surface area contributed by atoms with E-state index in [0.29, 0.717) is 13.2 Å². The zero-order valence-corrected chi connectivity index (χ0v) is 12.0. The van der Waals surface area contributed by atoms with E-state index in [1.165, 1.54) is 10.4 Å². The van der Waals surface area contributed by atoms with E-state index in [0.717, 1.165) is 17.7 Å². The Kier molecular flexibility index (Phi) is 4.14. The first kappa shape index (κ1) is 13.3. The number of carbonyl (C=O) groups is 1. The maximum atomic E-state index is 11.9. The van der Waals surface area contributed by atoms with Crippen LogP contribution in [0.3, 0.4) is 0 Å². The van der Waals surface area contributed by atoms with E-state index in [9.17, 15) is 4.79 Å². The smallest absolute Gasteiger partial charge is 0.249 e. The lowest BCUT2D eigenvalue weighted by molar-refractivity contribution is -0.130. The molecule has 0 radical (unpaired) electrons. The van der Waals surface area contributed by atoms with E-state index in [1.807, 2.05) is 18.2 Å². The minimum absolute atomic E-state index is 0.0113. The molecule has 3 rings (SSSR count). The molecule has 1 aromatic heterocycles. The Bertz CT molecular complexity index is 573. The molecule has 20 heavy (non-hydrogen) atoms. The Balaban J connectivity index is 1.59. The van der Waals surface area contributed by atoms with E-state index >= 15 is 0 Å². The number of amides is 1. The number of benzene rings is 1. The Labute approximate surface area is 122 Å². The molecule has 0 aliphatic carbocycles. The summed E-state index contributed by atoms with van der Waals surface area (Å²) >= 11 is 1.71. The van der Waals surface area contributed by atoms with Crippen molar-refractivity contribution in [3.05, 3.63) is 47.3 Å². The summed E-state index contributed by atoms with van der Waals surface area (Å²) in [5, 5.41) is 2.95. The van der Waals surface area contributed by atoms with Gasteiger partial charge >= 0.3 is 0 Å². The summed E-state index contributed by atoms with van der Waals surface area (Å²) in [5.74, 6) is 0.0113. The number of hydrogen-bond donors (Lipinski definition) is 1. The highest BCUT2D eigenvalue weighted by Crippen LogP contribution is 2.27. The highest BCUT2D eigenvalue weighted by atomic mass is 32.1. The molecule has 0 bridgehead atoms. The fraction of sp³-hybridized carbons (Fsp3) is 0.312. The Morgan fingerprint density at radius 3 is 2.85 bits per heavy atom. The van der Waals surface area contributed by atoms with Crippen LogP contribution in [0.15, 0.2) is 42.5 Å². The summed E-state index contributed by atoms with van der Waals surface area (Å²) in [6.45, 7) is 1.28. The maximum Gasteiger partial charge on any atom is 0.249 e.